The van der Waals surface area contributed by atoms with Crippen molar-refractivity contribution in [1.29, 1.82) is 0 Å². The van der Waals surface area contributed by atoms with E-state index in [-0.39, 0.29) is 23.7 Å². The van der Waals surface area contributed by atoms with Crippen LogP contribution in [0.1, 0.15) is 31.1 Å². The lowest BCUT2D eigenvalue weighted by Gasteiger charge is -2.21. The summed E-state index contributed by atoms with van der Waals surface area (Å²) in [6.45, 7) is 4.06. The number of pyridine rings is 1. The number of aromatic nitrogens is 1. The molecule has 0 radical (unpaired) electrons. The average molecular weight is 276 g/mol. The van der Waals surface area contributed by atoms with Gasteiger partial charge in [0.1, 0.15) is 11.6 Å². The Morgan fingerprint density at radius 2 is 1.90 bits per heavy atom. The first kappa shape index (κ1) is 14.6. The summed E-state index contributed by atoms with van der Waals surface area (Å²) in [5, 5.41) is 3.38. The lowest BCUT2D eigenvalue weighted by Crippen LogP contribution is -2.30. The van der Waals surface area contributed by atoms with Crippen LogP contribution in [0.2, 0.25) is 0 Å². The molecule has 2 nitrogen and oxygen atoms in total. The Bertz CT molecular complexity index is 553. The lowest BCUT2D eigenvalue weighted by molar-refractivity contribution is 0.463. The molecule has 4 heteroatoms. The summed E-state index contributed by atoms with van der Waals surface area (Å²) in [5.74, 6) is -0.610. The molecule has 20 heavy (non-hydrogen) atoms. The van der Waals surface area contributed by atoms with Crippen LogP contribution in [0.15, 0.2) is 42.6 Å². The fraction of sp³-hybridized carbons (Fsp3) is 0.312. The van der Waals surface area contributed by atoms with E-state index in [4.69, 9.17) is 0 Å². The van der Waals surface area contributed by atoms with Crippen LogP contribution in [-0.4, -0.2) is 11.0 Å². The van der Waals surface area contributed by atoms with E-state index in [1.165, 1.54) is 24.4 Å². The van der Waals surface area contributed by atoms with E-state index in [1.807, 2.05) is 19.9 Å². The number of nitrogens with one attached hydrogen (secondary N) is 1. The molecule has 2 aromatic rings. The summed E-state index contributed by atoms with van der Waals surface area (Å²) in [7, 11) is 0. The van der Waals surface area contributed by atoms with E-state index in [0.717, 1.165) is 11.3 Å². The lowest BCUT2D eigenvalue weighted by atomic mass is 10.0. The normalized spacial score (nSPS) is 12.7. The van der Waals surface area contributed by atoms with Gasteiger partial charge < -0.3 is 5.32 Å². The molecule has 0 aliphatic rings. The smallest absolute Gasteiger partial charge is 0.141 e. The van der Waals surface area contributed by atoms with Crippen molar-refractivity contribution in [3.63, 3.8) is 0 Å². The van der Waals surface area contributed by atoms with Crippen LogP contribution in [0, 0.1) is 11.6 Å². The van der Waals surface area contributed by atoms with Crippen LogP contribution in [0.25, 0.3) is 0 Å². The van der Waals surface area contributed by atoms with Gasteiger partial charge in [-0.25, -0.2) is 8.78 Å². The van der Waals surface area contributed by atoms with E-state index in [0.29, 0.717) is 6.42 Å². The minimum Gasteiger partial charge on any atom is -0.306 e. The number of rotatable bonds is 5. The maximum Gasteiger partial charge on any atom is 0.141 e. The van der Waals surface area contributed by atoms with Crippen LogP contribution < -0.4 is 5.32 Å². The number of benzene rings is 1. The van der Waals surface area contributed by atoms with Crippen LogP contribution in [0.3, 0.4) is 0 Å². The summed E-state index contributed by atoms with van der Waals surface area (Å²) < 4.78 is 26.2. The van der Waals surface area contributed by atoms with Crippen LogP contribution >= 0.6 is 0 Å². The number of hydrogen-bond acceptors (Lipinski definition) is 2. The molecule has 0 spiro atoms. The zero-order chi connectivity index (χ0) is 14.5. The molecule has 1 aromatic heterocycles. The Kier molecular flexibility index (Phi) is 4.79. The van der Waals surface area contributed by atoms with Gasteiger partial charge in [-0.1, -0.05) is 26.0 Å². The molecule has 2 rings (SSSR count). The molecule has 0 fully saturated rings. The summed E-state index contributed by atoms with van der Waals surface area (Å²) in [6, 6.07) is 9.73. The van der Waals surface area contributed by atoms with Crippen LogP contribution in [-0.2, 0) is 6.42 Å². The van der Waals surface area contributed by atoms with Gasteiger partial charge in [0, 0.05) is 6.04 Å². The van der Waals surface area contributed by atoms with Gasteiger partial charge in [0.05, 0.1) is 17.9 Å². The van der Waals surface area contributed by atoms with E-state index in [1.54, 1.807) is 12.1 Å². The van der Waals surface area contributed by atoms with Gasteiger partial charge >= 0.3 is 0 Å². The van der Waals surface area contributed by atoms with Gasteiger partial charge in [-0.3, -0.25) is 4.98 Å². The van der Waals surface area contributed by atoms with Crippen molar-refractivity contribution in [2.75, 3.05) is 0 Å². The first-order valence-corrected chi connectivity index (χ1v) is 6.66. The highest BCUT2D eigenvalue weighted by Crippen LogP contribution is 2.18. The average Bonchev–Trinajstić information content (AvgIpc) is 2.38. The van der Waals surface area contributed by atoms with Gasteiger partial charge in [0.25, 0.3) is 0 Å². The Morgan fingerprint density at radius 1 is 1.10 bits per heavy atom. The number of hydrogen-bond donors (Lipinski definition) is 1. The summed E-state index contributed by atoms with van der Waals surface area (Å²) in [5.41, 5.74) is 1.64. The van der Waals surface area contributed by atoms with E-state index < -0.39 is 0 Å². The third-order valence-electron chi connectivity index (χ3n) is 2.97. The second-order valence-electron chi connectivity index (χ2n) is 5.11. The van der Waals surface area contributed by atoms with Crippen molar-refractivity contribution in [3.8, 4) is 0 Å². The molecule has 0 saturated carbocycles. The minimum absolute atomic E-state index is 0.0719. The van der Waals surface area contributed by atoms with Crippen molar-refractivity contribution in [2.24, 2.45) is 0 Å². The number of halogens is 2. The third kappa shape index (κ3) is 4.10. The van der Waals surface area contributed by atoms with Crippen molar-refractivity contribution >= 4 is 0 Å². The maximum absolute atomic E-state index is 13.2. The third-order valence-corrected chi connectivity index (χ3v) is 2.97. The molecule has 106 valence electrons. The molecule has 1 aromatic carbocycles. The van der Waals surface area contributed by atoms with Gasteiger partial charge in [0.2, 0.25) is 0 Å². The molecule has 0 aliphatic heterocycles. The zero-order valence-electron chi connectivity index (χ0n) is 11.6. The Hall–Kier alpha value is -1.81. The molecule has 0 saturated heterocycles. The molecule has 1 heterocycles. The van der Waals surface area contributed by atoms with Crippen molar-refractivity contribution < 1.29 is 8.78 Å². The highest BCUT2D eigenvalue weighted by Gasteiger charge is 2.15. The second kappa shape index (κ2) is 6.57. The molecule has 1 atom stereocenters. The Morgan fingerprint density at radius 3 is 2.50 bits per heavy atom. The highest BCUT2D eigenvalue weighted by molar-refractivity contribution is 5.20. The Balaban J connectivity index is 2.21. The zero-order valence-corrected chi connectivity index (χ0v) is 11.6. The van der Waals surface area contributed by atoms with E-state index in [9.17, 15) is 8.78 Å². The topological polar surface area (TPSA) is 24.9 Å². The maximum atomic E-state index is 13.2. The molecule has 1 N–H and O–H groups in total. The molecule has 1 unspecified atom stereocenters. The monoisotopic (exact) mass is 276 g/mol. The first-order valence-electron chi connectivity index (χ1n) is 6.66. The highest BCUT2D eigenvalue weighted by atomic mass is 19.1. The molecule has 0 aliphatic carbocycles. The summed E-state index contributed by atoms with van der Waals surface area (Å²) in [6.07, 6.45) is 1.81. The van der Waals surface area contributed by atoms with E-state index in [2.05, 4.69) is 10.3 Å². The van der Waals surface area contributed by atoms with Gasteiger partial charge in [0.15, 0.2) is 0 Å². The SMILES string of the molecule is CC(C)NC(Cc1cccc(F)c1)c1ccc(F)cn1. The molecule has 0 amide bonds. The van der Waals surface area contributed by atoms with Gasteiger partial charge in [-0.2, -0.15) is 0 Å². The van der Waals surface area contributed by atoms with Gasteiger partial charge in [-0.05, 0) is 36.2 Å². The van der Waals surface area contributed by atoms with Crippen LogP contribution in [0.4, 0.5) is 8.78 Å². The second-order valence-corrected chi connectivity index (χ2v) is 5.11. The predicted octanol–water partition coefficient (Wildman–Crippen LogP) is 3.64. The summed E-state index contributed by atoms with van der Waals surface area (Å²) in [4.78, 5) is 4.12. The van der Waals surface area contributed by atoms with Crippen LogP contribution in [0.5, 0.6) is 0 Å². The quantitative estimate of drug-likeness (QED) is 0.901. The number of nitrogens with zero attached hydrogens (tertiary/aromatic N) is 1. The first-order chi connectivity index (χ1) is 9.54. The fourth-order valence-electron chi connectivity index (χ4n) is 2.14. The fourth-order valence-corrected chi connectivity index (χ4v) is 2.14. The molecule has 0 bridgehead atoms. The molecular weight excluding hydrogens is 258 g/mol. The minimum atomic E-state index is -0.359. The largest absolute Gasteiger partial charge is 0.306 e. The standard InChI is InChI=1S/C16H18F2N2/c1-11(2)20-16(15-7-6-14(18)10-19-15)9-12-4-3-5-13(17)8-12/h3-8,10-11,16,20H,9H2,1-2H3. The van der Waals surface area contributed by atoms with Gasteiger partial charge in [-0.15, -0.1) is 0 Å². The predicted molar refractivity (Wildman–Crippen MR) is 75.3 cm³/mol. The van der Waals surface area contributed by atoms with Crippen molar-refractivity contribution in [3.05, 3.63) is 65.5 Å². The Labute approximate surface area is 117 Å². The van der Waals surface area contributed by atoms with Crippen molar-refractivity contribution in [2.45, 2.75) is 32.4 Å². The summed E-state index contributed by atoms with van der Waals surface area (Å²) >= 11 is 0. The van der Waals surface area contributed by atoms with E-state index >= 15 is 0 Å². The van der Waals surface area contributed by atoms with Crippen molar-refractivity contribution in [1.82, 2.24) is 10.3 Å². The molecular formula is C16H18F2N2.